The highest BCUT2D eigenvalue weighted by Crippen LogP contribution is 2.33. The van der Waals surface area contributed by atoms with E-state index in [4.69, 9.17) is 28.9 Å². The summed E-state index contributed by atoms with van der Waals surface area (Å²) in [5.41, 5.74) is -1.89. The van der Waals surface area contributed by atoms with Gasteiger partial charge in [-0.05, 0) is 215 Å². The van der Waals surface area contributed by atoms with Crippen LogP contribution in [0.25, 0.3) is 0 Å². The molecule has 22 nitrogen and oxygen atoms in total. The van der Waals surface area contributed by atoms with Crippen LogP contribution in [0.15, 0.2) is 0 Å². The third-order valence-electron chi connectivity index (χ3n) is 14.0. The second-order valence-electron chi connectivity index (χ2n) is 25.5. The summed E-state index contributed by atoms with van der Waals surface area (Å²) in [4.78, 5) is 107. The zero-order valence-corrected chi connectivity index (χ0v) is 49.5. The molecular formula is C57H103N7O15. The first-order chi connectivity index (χ1) is 36.1. The second-order valence-corrected chi connectivity index (χ2v) is 25.5. The number of imide groups is 1. The Morgan fingerprint density at radius 3 is 1.10 bits per heavy atom. The average Bonchev–Trinajstić information content (AvgIpc) is 3.69. The van der Waals surface area contributed by atoms with Gasteiger partial charge in [0.25, 0.3) is 5.91 Å². The van der Waals surface area contributed by atoms with Crippen molar-refractivity contribution in [3.05, 3.63) is 0 Å². The van der Waals surface area contributed by atoms with Gasteiger partial charge >= 0.3 is 36.4 Å². The highest BCUT2D eigenvalue weighted by Gasteiger charge is 2.38. The van der Waals surface area contributed by atoms with E-state index in [-0.39, 0.29) is 55.1 Å². The van der Waals surface area contributed by atoms with Crippen molar-refractivity contribution in [3.8, 4) is 0 Å². The first-order valence-electron chi connectivity index (χ1n) is 28.1. The average molecular weight is 1130 g/mol. The van der Waals surface area contributed by atoms with Crippen molar-refractivity contribution in [1.82, 2.24) is 37.0 Å². The molecule has 5 aliphatic rings. The molecule has 0 spiro atoms. The van der Waals surface area contributed by atoms with Crippen molar-refractivity contribution >= 4 is 54.5 Å². The number of carbonyl (C=O) groups is 9. The monoisotopic (exact) mass is 1130 g/mol. The van der Waals surface area contributed by atoms with Crippen LogP contribution >= 0.6 is 0 Å². The van der Waals surface area contributed by atoms with Crippen molar-refractivity contribution in [2.45, 2.75) is 222 Å². The van der Waals surface area contributed by atoms with Gasteiger partial charge in [-0.15, -0.1) is 0 Å². The van der Waals surface area contributed by atoms with Crippen LogP contribution in [-0.4, -0.2) is 133 Å². The van der Waals surface area contributed by atoms with Gasteiger partial charge in [0.2, 0.25) is 5.91 Å². The fourth-order valence-electron chi connectivity index (χ4n) is 9.76. The van der Waals surface area contributed by atoms with Gasteiger partial charge in [-0.1, -0.05) is 7.43 Å². The number of alkyl carbamates (subject to hydrolysis) is 4. The molecule has 1 unspecified atom stereocenters. The summed E-state index contributed by atoms with van der Waals surface area (Å²) in [6, 6.07) is -0.795. The Bertz CT molecular complexity index is 1910. The summed E-state index contributed by atoms with van der Waals surface area (Å²) in [5, 5.41) is 26.3. The summed E-state index contributed by atoms with van der Waals surface area (Å²) in [6.07, 6.45) is 13.7. The number of hydrogen-bond donors (Lipinski definition) is 7. The molecule has 0 aromatic carbocycles. The van der Waals surface area contributed by atoms with Crippen LogP contribution < -0.4 is 31.9 Å². The molecule has 1 heterocycles. The summed E-state index contributed by atoms with van der Waals surface area (Å²) in [6.45, 7) is 24.5. The molecule has 8 amide bonds. The highest BCUT2D eigenvalue weighted by atomic mass is 16.7. The number of urea groups is 1. The minimum absolute atomic E-state index is 0. The fourth-order valence-corrected chi connectivity index (χ4v) is 9.76. The Labute approximate surface area is 471 Å². The number of ether oxygens (including phenoxy) is 4. The maximum Gasteiger partial charge on any atom is 0.407 e. The van der Waals surface area contributed by atoms with Gasteiger partial charge in [-0.3, -0.25) is 24.5 Å². The number of rotatable bonds is 13. The van der Waals surface area contributed by atoms with Gasteiger partial charge in [-0.25, -0.2) is 29.0 Å². The lowest BCUT2D eigenvalue weighted by Gasteiger charge is -2.31. The molecule has 1 saturated heterocycles. The lowest BCUT2D eigenvalue weighted by molar-refractivity contribution is -0.174. The molecule has 5 rings (SSSR count). The van der Waals surface area contributed by atoms with Crippen LogP contribution in [0, 0.1) is 47.3 Å². The lowest BCUT2D eigenvalue weighted by Crippen LogP contribution is -2.40. The van der Waals surface area contributed by atoms with Crippen LogP contribution in [0.2, 0.25) is 0 Å². The number of amides is 8. The minimum atomic E-state index is -0.700. The number of nitrogens with zero attached hydrogens (tertiary/aromatic N) is 1. The van der Waals surface area contributed by atoms with Crippen molar-refractivity contribution in [2.75, 3.05) is 40.3 Å². The first-order valence-corrected chi connectivity index (χ1v) is 28.1. The van der Waals surface area contributed by atoms with E-state index in [0.29, 0.717) is 62.7 Å². The molecule has 4 aliphatic carbocycles. The normalized spacial score (nSPS) is 25.0. The molecule has 456 valence electrons. The predicted molar refractivity (Wildman–Crippen MR) is 299 cm³/mol. The van der Waals surface area contributed by atoms with E-state index in [1.807, 2.05) is 83.1 Å². The number of aldehydes is 1. The standard InChI is InChI=1S/C15H25N3O4.C15H28N2O4.C13H23NO4.C13H23NO3.CH4/c1-15(2,3)22-14(21)16-8-9-4-6-10(7-5-9)11-12(19)18-13(20)17-11;1-15(2,3)21-14(19)16-10-11-6-8-12(9-7-11)13(18)17(4)20-5;1-13(2,3)18-12(17)14-8-9-4-6-10(7-5-9)11(15)16;1-13(2,3)17-12(16)14-8-10-4-6-11(9-15)7-5-10;/h9-11H,4-8H2,1-3H3,(H,16,21)(H2,17,18,19,20);11-12H,6-10H2,1-5H3,(H,16,19);9-10H,4-8H2,1-3H3,(H,14,17)(H,15,16);9-11H,4-8H2,1-3H3,(H,14,16);1H4. The molecule has 4 saturated carbocycles. The number of nitrogens with one attached hydrogen (secondary N) is 6. The van der Waals surface area contributed by atoms with Crippen molar-refractivity contribution in [3.63, 3.8) is 0 Å². The molecule has 0 bridgehead atoms. The maximum atomic E-state index is 12.0. The first kappa shape index (κ1) is 71.6. The molecule has 79 heavy (non-hydrogen) atoms. The van der Waals surface area contributed by atoms with Crippen LogP contribution in [-0.2, 0) is 43.0 Å². The zero-order chi connectivity index (χ0) is 59.0. The molecule has 0 radical (unpaired) electrons. The van der Waals surface area contributed by atoms with Gasteiger partial charge in [-0.2, -0.15) is 0 Å². The Hall–Kier alpha value is -5.41. The molecule has 0 aromatic heterocycles. The molecule has 1 atom stereocenters. The molecular weight excluding hydrogens is 1020 g/mol. The largest absolute Gasteiger partial charge is 0.481 e. The van der Waals surface area contributed by atoms with Crippen LogP contribution in [0.4, 0.5) is 24.0 Å². The number of carboxylic acids is 1. The van der Waals surface area contributed by atoms with Crippen LogP contribution in [0.1, 0.15) is 193 Å². The summed E-state index contributed by atoms with van der Waals surface area (Å²) in [7, 11) is 3.13. The molecule has 1 aliphatic heterocycles. The van der Waals surface area contributed by atoms with E-state index in [1.165, 1.54) is 12.2 Å². The Morgan fingerprint density at radius 1 is 0.532 bits per heavy atom. The lowest BCUT2D eigenvalue weighted by atomic mass is 9.78. The third-order valence-corrected chi connectivity index (χ3v) is 14.0. The van der Waals surface area contributed by atoms with Gasteiger partial charge < -0.3 is 55.4 Å². The van der Waals surface area contributed by atoms with E-state index in [0.717, 1.165) is 96.2 Å². The van der Waals surface area contributed by atoms with E-state index < -0.39 is 52.6 Å². The third kappa shape index (κ3) is 31.8. The summed E-state index contributed by atoms with van der Waals surface area (Å²) in [5.74, 6) is 1.02. The van der Waals surface area contributed by atoms with E-state index in [1.54, 1.807) is 7.05 Å². The van der Waals surface area contributed by atoms with Crippen molar-refractivity contribution in [2.24, 2.45) is 47.3 Å². The Morgan fingerprint density at radius 2 is 0.835 bits per heavy atom. The van der Waals surface area contributed by atoms with Gasteiger partial charge in [0.15, 0.2) is 0 Å². The highest BCUT2D eigenvalue weighted by molar-refractivity contribution is 6.04. The zero-order valence-electron chi connectivity index (χ0n) is 49.5. The molecule has 22 heteroatoms. The smallest absolute Gasteiger partial charge is 0.407 e. The van der Waals surface area contributed by atoms with E-state index >= 15 is 0 Å². The summed E-state index contributed by atoms with van der Waals surface area (Å²) >= 11 is 0. The van der Waals surface area contributed by atoms with Gasteiger partial charge in [0.1, 0.15) is 34.7 Å². The van der Waals surface area contributed by atoms with Crippen molar-refractivity contribution < 1.29 is 72.0 Å². The SMILES string of the molecule is C.CC(C)(C)OC(=O)NCC1CCC(C(=O)O)CC1.CC(C)(C)OC(=O)NCC1CCC(C2NC(=O)NC2=O)CC1.CC(C)(C)OC(=O)NCC1CCC(C=O)CC1.CON(C)C(=O)C1CCC(CNC(=O)OC(C)(C)C)CC1. The second kappa shape index (κ2) is 34.0. The fraction of sp³-hybridized carbons (Fsp3) is 0.842. The molecule has 7 N–H and O–H groups in total. The predicted octanol–water partition coefficient (Wildman–Crippen LogP) is 9.42. The van der Waals surface area contributed by atoms with Crippen molar-refractivity contribution in [1.29, 1.82) is 0 Å². The quantitative estimate of drug-likeness (QED) is 0.0391. The van der Waals surface area contributed by atoms with Crippen LogP contribution in [0.3, 0.4) is 0 Å². The maximum absolute atomic E-state index is 12.0. The number of hydrogen-bond acceptors (Lipinski definition) is 14. The van der Waals surface area contributed by atoms with Gasteiger partial charge in [0, 0.05) is 45.1 Å². The number of aliphatic carboxylic acids is 1. The topological polar surface area (TPSA) is 295 Å². The minimum Gasteiger partial charge on any atom is -0.481 e. The van der Waals surface area contributed by atoms with E-state index in [9.17, 15) is 43.2 Å². The number of carbonyl (C=O) groups excluding carboxylic acids is 8. The van der Waals surface area contributed by atoms with E-state index in [2.05, 4.69) is 31.9 Å². The molecule has 5 fully saturated rings. The Kier molecular flexibility index (Phi) is 30.8. The summed E-state index contributed by atoms with van der Waals surface area (Å²) < 4.78 is 20.7. The Balaban J connectivity index is 0.000000527. The number of hydroxylamine groups is 2. The van der Waals surface area contributed by atoms with Crippen LogP contribution in [0.5, 0.6) is 0 Å². The van der Waals surface area contributed by atoms with Gasteiger partial charge in [0.05, 0.1) is 13.0 Å². The molecule has 0 aromatic rings. The number of carboxylic acid groups (broad SMARTS) is 1.